The van der Waals surface area contributed by atoms with Crippen LogP contribution in [0.2, 0.25) is 0 Å². The average Bonchev–Trinajstić information content (AvgIpc) is 2.16. The third-order valence-corrected chi connectivity index (χ3v) is 3.44. The molecule has 76 valence electrons. The van der Waals surface area contributed by atoms with Crippen molar-refractivity contribution in [2.45, 2.75) is 39.5 Å². The Balaban J connectivity index is 2.40. The van der Waals surface area contributed by atoms with E-state index in [4.69, 9.17) is 0 Å². The average molecular weight is 181 g/mol. The summed E-state index contributed by atoms with van der Waals surface area (Å²) in [5, 5.41) is 3.42. The van der Waals surface area contributed by atoms with Crippen molar-refractivity contribution in [1.82, 2.24) is 5.32 Å². The lowest BCUT2D eigenvalue weighted by Gasteiger charge is -2.37. The van der Waals surface area contributed by atoms with Crippen LogP contribution in [0.25, 0.3) is 0 Å². The third-order valence-electron chi connectivity index (χ3n) is 3.44. The predicted molar refractivity (Wildman–Crippen MR) is 58.8 cm³/mol. The van der Waals surface area contributed by atoms with Crippen LogP contribution >= 0.6 is 0 Å². The van der Waals surface area contributed by atoms with Crippen molar-refractivity contribution in [3.8, 4) is 0 Å². The highest BCUT2D eigenvalue weighted by molar-refractivity contribution is 4.84. The molecule has 1 nitrogen and oxygen atoms in total. The molecule has 0 radical (unpaired) electrons. The molecule has 0 bridgehead atoms. The first-order valence-electron chi connectivity index (χ1n) is 5.48. The van der Waals surface area contributed by atoms with Crippen LogP contribution in [0.3, 0.4) is 0 Å². The van der Waals surface area contributed by atoms with E-state index in [0.717, 1.165) is 12.3 Å². The Labute approximate surface area is 82.6 Å². The third kappa shape index (κ3) is 3.15. The topological polar surface area (TPSA) is 12.0 Å². The highest BCUT2D eigenvalue weighted by Crippen LogP contribution is 2.37. The van der Waals surface area contributed by atoms with Crippen molar-refractivity contribution in [2.75, 3.05) is 13.1 Å². The standard InChI is InChI=1S/C12H23N/c1-4-5-8-12(2,3)11-6-9-13-10-7-11/h4,11,13H,1,5-10H2,2-3H3. The Morgan fingerprint density at radius 1 is 1.38 bits per heavy atom. The Bertz CT molecular complexity index is 155. The molecule has 1 aliphatic rings. The molecule has 1 fully saturated rings. The van der Waals surface area contributed by atoms with Crippen LogP contribution in [0.5, 0.6) is 0 Å². The van der Waals surface area contributed by atoms with Crippen molar-refractivity contribution < 1.29 is 0 Å². The van der Waals surface area contributed by atoms with Crippen molar-refractivity contribution >= 4 is 0 Å². The molecule has 0 amide bonds. The summed E-state index contributed by atoms with van der Waals surface area (Å²) in [5.74, 6) is 0.911. The van der Waals surface area contributed by atoms with Gasteiger partial charge in [-0.1, -0.05) is 19.9 Å². The summed E-state index contributed by atoms with van der Waals surface area (Å²) >= 11 is 0. The smallest absolute Gasteiger partial charge is 0.00461 e. The number of hydrogen-bond acceptors (Lipinski definition) is 1. The first-order chi connectivity index (χ1) is 6.17. The molecular formula is C12H23N. The number of rotatable bonds is 4. The van der Waals surface area contributed by atoms with Crippen LogP contribution in [0.4, 0.5) is 0 Å². The van der Waals surface area contributed by atoms with Gasteiger partial charge < -0.3 is 5.32 Å². The predicted octanol–water partition coefficient (Wildman–Crippen LogP) is 2.98. The maximum atomic E-state index is 3.80. The Kier molecular flexibility index (Phi) is 3.98. The first-order valence-corrected chi connectivity index (χ1v) is 5.48. The van der Waals surface area contributed by atoms with Crippen LogP contribution in [-0.4, -0.2) is 13.1 Å². The molecule has 0 unspecified atom stereocenters. The molecule has 1 N–H and O–H groups in total. The number of nitrogens with one attached hydrogen (secondary N) is 1. The molecule has 1 heterocycles. The lowest BCUT2D eigenvalue weighted by Crippen LogP contribution is -2.35. The van der Waals surface area contributed by atoms with Gasteiger partial charge in [-0.3, -0.25) is 0 Å². The molecule has 1 saturated heterocycles. The van der Waals surface area contributed by atoms with Gasteiger partial charge >= 0.3 is 0 Å². The fraction of sp³-hybridized carbons (Fsp3) is 0.833. The van der Waals surface area contributed by atoms with Crippen molar-refractivity contribution in [1.29, 1.82) is 0 Å². The minimum Gasteiger partial charge on any atom is -0.317 e. The van der Waals surface area contributed by atoms with E-state index in [1.165, 1.54) is 32.4 Å². The zero-order valence-electron chi connectivity index (χ0n) is 9.10. The zero-order chi connectivity index (χ0) is 9.73. The van der Waals surface area contributed by atoms with Gasteiger partial charge in [-0.15, -0.1) is 6.58 Å². The SMILES string of the molecule is C=CCCC(C)(C)C1CCNCC1. The maximum absolute atomic E-state index is 3.80. The maximum Gasteiger partial charge on any atom is -0.00461 e. The van der Waals surface area contributed by atoms with Gasteiger partial charge in [0.25, 0.3) is 0 Å². The van der Waals surface area contributed by atoms with Gasteiger partial charge in [-0.2, -0.15) is 0 Å². The molecule has 0 aromatic heterocycles. The van der Waals surface area contributed by atoms with Gasteiger partial charge in [0, 0.05) is 0 Å². The summed E-state index contributed by atoms with van der Waals surface area (Å²) in [6.45, 7) is 11.0. The highest BCUT2D eigenvalue weighted by Gasteiger charge is 2.29. The summed E-state index contributed by atoms with van der Waals surface area (Å²) in [6, 6.07) is 0. The van der Waals surface area contributed by atoms with Gasteiger partial charge in [0.1, 0.15) is 0 Å². The summed E-state index contributed by atoms with van der Waals surface area (Å²) in [6.07, 6.45) is 7.20. The van der Waals surface area contributed by atoms with Crippen LogP contribution in [0.1, 0.15) is 39.5 Å². The van der Waals surface area contributed by atoms with E-state index in [0.29, 0.717) is 5.41 Å². The minimum atomic E-state index is 0.510. The van der Waals surface area contributed by atoms with Gasteiger partial charge in [0.2, 0.25) is 0 Å². The van der Waals surface area contributed by atoms with E-state index in [1.807, 2.05) is 6.08 Å². The molecule has 0 saturated carbocycles. The molecule has 1 heteroatoms. The molecule has 0 aromatic carbocycles. The normalized spacial score (nSPS) is 20.2. The Morgan fingerprint density at radius 3 is 2.54 bits per heavy atom. The van der Waals surface area contributed by atoms with Crippen molar-refractivity contribution in [2.24, 2.45) is 11.3 Å². The van der Waals surface area contributed by atoms with Gasteiger partial charge in [0.15, 0.2) is 0 Å². The summed E-state index contributed by atoms with van der Waals surface area (Å²) < 4.78 is 0. The molecule has 0 aliphatic carbocycles. The molecule has 0 atom stereocenters. The Hall–Kier alpha value is -0.300. The second kappa shape index (κ2) is 4.80. The van der Waals surface area contributed by atoms with E-state index in [2.05, 4.69) is 25.7 Å². The molecule has 1 rings (SSSR count). The molecule has 0 aromatic rings. The highest BCUT2D eigenvalue weighted by atomic mass is 14.9. The quantitative estimate of drug-likeness (QED) is 0.657. The largest absolute Gasteiger partial charge is 0.317 e. The summed E-state index contributed by atoms with van der Waals surface area (Å²) in [4.78, 5) is 0. The number of hydrogen-bond donors (Lipinski definition) is 1. The fourth-order valence-electron chi connectivity index (χ4n) is 2.28. The molecular weight excluding hydrogens is 158 g/mol. The lowest BCUT2D eigenvalue weighted by atomic mass is 9.71. The minimum absolute atomic E-state index is 0.510. The van der Waals surface area contributed by atoms with E-state index in [1.54, 1.807) is 0 Å². The van der Waals surface area contributed by atoms with Crippen molar-refractivity contribution in [3.63, 3.8) is 0 Å². The number of allylic oxidation sites excluding steroid dienone is 1. The van der Waals surface area contributed by atoms with E-state index in [9.17, 15) is 0 Å². The lowest BCUT2D eigenvalue weighted by molar-refractivity contribution is 0.155. The van der Waals surface area contributed by atoms with Gasteiger partial charge in [-0.25, -0.2) is 0 Å². The van der Waals surface area contributed by atoms with Crippen LogP contribution in [0.15, 0.2) is 12.7 Å². The van der Waals surface area contributed by atoms with Gasteiger partial charge in [0.05, 0.1) is 0 Å². The fourth-order valence-corrected chi connectivity index (χ4v) is 2.28. The first kappa shape index (κ1) is 10.8. The van der Waals surface area contributed by atoms with E-state index < -0.39 is 0 Å². The van der Waals surface area contributed by atoms with Crippen LogP contribution < -0.4 is 5.32 Å². The van der Waals surface area contributed by atoms with Gasteiger partial charge in [-0.05, 0) is 50.1 Å². The summed E-state index contributed by atoms with van der Waals surface area (Å²) in [7, 11) is 0. The molecule has 1 aliphatic heterocycles. The zero-order valence-corrected chi connectivity index (χ0v) is 9.10. The second-order valence-corrected chi connectivity index (χ2v) is 4.84. The van der Waals surface area contributed by atoms with E-state index in [-0.39, 0.29) is 0 Å². The number of piperidine rings is 1. The van der Waals surface area contributed by atoms with E-state index >= 15 is 0 Å². The Morgan fingerprint density at radius 2 is 2.00 bits per heavy atom. The summed E-state index contributed by atoms with van der Waals surface area (Å²) in [5.41, 5.74) is 0.510. The monoisotopic (exact) mass is 181 g/mol. The molecule has 0 spiro atoms. The van der Waals surface area contributed by atoms with Crippen LogP contribution in [0, 0.1) is 11.3 Å². The van der Waals surface area contributed by atoms with Crippen LogP contribution in [-0.2, 0) is 0 Å². The molecule has 13 heavy (non-hydrogen) atoms. The van der Waals surface area contributed by atoms with Crippen molar-refractivity contribution in [3.05, 3.63) is 12.7 Å². The second-order valence-electron chi connectivity index (χ2n) is 4.84.